The number of hydrogen-bond donors (Lipinski definition) is 6. The van der Waals surface area contributed by atoms with Gasteiger partial charge in [0, 0.05) is 79.6 Å². The smallest absolute Gasteiger partial charge is 0.248 e. The van der Waals surface area contributed by atoms with E-state index in [1.54, 1.807) is 60.7 Å². The number of nitrogen functional groups attached to an aromatic ring is 6. The van der Waals surface area contributed by atoms with Crippen molar-refractivity contribution in [1.82, 2.24) is 30.6 Å². The van der Waals surface area contributed by atoms with Gasteiger partial charge in [0.15, 0.2) is 0 Å². The van der Waals surface area contributed by atoms with E-state index in [-0.39, 0.29) is 0 Å². The third kappa shape index (κ3) is 14.5. The highest BCUT2D eigenvalue weighted by Crippen LogP contribution is 2.33. The van der Waals surface area contributed by atoms with E-state index in [0.717, 1.165) is 33.4 Å². The van der Waals surface area contributed by atoms with Crippen molar-refractivity contribution in [3.63, 3.8) is 0 Å². The van der Waals surface area contributed by atoms with Crippen molar-refractivity contribution in [1.29, 1.82) is 0 Å². The molecule has 0 spiro atoms. The number of ether oxygens (including phenoxy) is 4. The largest absolute Gasteiger partial charge is 0.457 e. The second-order valence-electron chi connectivity index (χ2n) is 18.8. The number of benzene rings is 10. The summed E-state index contributed by atoms with van der Waals surface area (Å²) < 4.78 is 40.6. The first-order valence-corrected chi connectivity index (χ1v) is 26.2. The summed E-state index contributed by atoms with van der Waals surface area (Å²) in [6.07, 6.45) is 0. The molecule has 3 aromatic heterocycles. The van der Waals surface area contributed by atoms with Crippen LogP contribution in [0.4, 0.5) is 34.1 Å². The Morgan fingerprint density at radius 3 is 0.612 bits per heavy atom. The van der Waals surface area contributed by atoms with Crippen LogP contribution < -0.4 is 53.3 Å². The second-order valence-corrected chi connectivity index (χ2v) is 18.8. The highest BCUT2D eigenvalue weighted by Gasteiger charge is 2.15. The second kappa shape index (κ2) is 25.4. The molecule has 13 aromatic rings. The van der Waals surface area contributed by atoms with Crippen molar-refractivity contribution >= 4 is 34.1 Å². The van der Waals surface area contributed by atoms with Gasteiger partial charge in [-0.1, -0.05) is 12.1 Å². The van der Waals surface area contributed by atoms with Crippen LogP contribution in [0.25, 0.3) is 68.7 Å². The Hall–Kier alpha value is -12.4. The first kappa shape index (κ1) is 54.6. The van der Waals surface area contributed by atoms with E-state index < -0.39 is 0 Å². The Bertz CT molecular complexity index is 4000. The van der Waals surface area contributed by atoms with Crippen LogP contribution in [0.2, 0.25) is 0 Å². The van der Waals surface area contributed by atoms with Gasteiger partial charge in [-0.05, 0) is 218 Å². The molecule has 19 nitrogen and oxygen atoms in total. The van der Waals surface area contributed by atoms with E-state index in [1.807, 2.05) is 182 Å². The number of nitrogens with two attached hydrogens (primary N) is 6. The van der Waals surface area contributed by atoms with Gasteiger partial charge in [0.1, 0.15) is 46.0 Å². The summed E-state index contributed by atoms with van der Waals surface area (Å²) in [5, 5.41) is 24.7. The Labute approximate surface area is 486 Å². The molecular formula is C66H52N12O7. The zero-order valence-corrected chi connectivity index (χ0v) is 45.1. The highest BCUT2D eigenvalue weighted by molar-refractivity contribution is 5.64. The molecule has 19 heteroatoms. The van der Waals surface area contributed by atoms with Gasteiger partial charge in [0.05, 0.1) is 0 Å². The first-order chi connectivity index (χ1) is 41.5. The van der Waals surface area contributed by atoms with E-state index >= 15 is 0 Å². The van der Waals surface area contributed by atoms with Gasteiger partial charge in [-0.25, -0.2) is 0 Å². The summed E-state index contributed by atoms with van der Waals surface area (Å²) in [7, 11) is 0. The molecule has 0 aliphatic carbocycles. The molecule has 13 rings (SSSR count). The quantitative estimate of drug-likeness (QED) is 0.0551. The minimum absolute atomic E-state index is 0.417. The van der Waals surface area contributed by atoms with Crippen molar-refractivity contribution in [2.24, 2.45) is 0 Å². The molecule has 0 fully saturated rings. The Morgan fingerprint density at radius 2 is 0.388 bits per heavy atom. The topological polar surface area (TPSA) is 310 Å². The van der Waals surface area contributed by atoms with Crippen LogP contribution in [0, 0.1) is 0 Å². The lowest BCUT2D eigenvalue weighted by molar-refractivity contribution is 0.482. The van der Waals surface area contributed by atoms with Crippen molar-refractivity contribution in [2.75, 3.05) is 34.4 Å². The summed E-state index contributed by atoms with van der Waals surface area (Å²) in [5.74, 6) is 8.12. The predicted molar refractivity (Wildman–Crippen MR) is 328 cm³/mol. The number of aromatic nitrogens is 6. The zero-order chi connectivity index (χ0) is 58.5. The minimum Gasteiger partial charge on any atom is -0.457 e. The molecule has 85 heavy (non-hydrogen) atoms. The van der Waals surface area contributed by atoms with Crippen molar-refractivity contribution < 1.29 is 32.2 Å². The number of hydrogen-bond acceptors (Lipinski definition) is 19. The molecule has 0 radical (unpaired) electrons. The van der Waals surface area contributed by atoms with Gasteiger partial charge < -0.3 is 66.6 Å². The van der Waals surface area contributed by atoms with Crippen LogP contribution in [-0.2, 0) is 0 Å². The Balaban J connectivity index is 0.000000138. The molecule has 0 bridgehead atoms. The van der Waals surface area contributed by atoms with E-state index in [2.05, 4.69) is 30.6 Å². The molecule has 0 unspecified atom stereocenters. The Kier molecular flexibility index (Phi) is 16.3. The standard InChI is InChI=1S/2C26H20N4O3.C14H12N4O/c27-19-5-13-23(14-6-19)31-21-9-1-17(2-10-21)25-29-30-26(33-25)18-3-11-22(12-4-18)32-24-15-7-20(28)8-16-24;27-19-3-1-5-23(15-19)31-21-11-7-17(8-12-21)25-29-30-26(33-25)18-9-13-22(14-10-18)32-24-6-2-4-20(28)16-24;15-11-5-1-9(2-6-11)13-17-18-14(19-13)10-3-7-12(16)8-4-10/h2*1-16H,27-28H2;1-8H,15-16H2. The summed E-state index contributed by atoms with van der Waals surface area (Å²) >= 11 is 0. The minimum atomic E-state index is 0.417. The molecule has 0 aliphatic heterocycles. The van der Waals surface area contributed by atoms with Crippen LogP contribution in [-0.4, -0.2) is 30.6 Å². The van der Waals surface area contributed by atoms with Crippen molar-refractivity contribution in [3.8, 4) is 115 Å². The van der Waals surface area contributed by atoms with Crippen LogP contribution in [0.1, 0.15) is 0 Å². The molecule has 0 saturated carbocycles. The molecule has 0 atom stereocenters. The predicted octanol–water partition coefficient (Wildman–Crippen LogP) is 14.9. The molecular weight excluding hydrogens is 1070 g/mol. The summed E-state index contributed by atoms with van der Waals surface area (Å²) in [5.41, 5.74) is 43.2. The molecule has 0 saturated heterocycles. The summed E-state index contributed by atoms with van der Waals surface area (Å²) in [4.78, 5) is 0. The van der Waals surface area contributed by atoms with Gasteiger partial charge in [-0.15, -0.1) is 30.6 Å². The van der Waals surface area contributed by atoms with Gasteiger partial charge >= 0.3 is 0 Å². The average Bonchev–Trinajstić information content (AvgIpc) is 4.51. The molecule has 12 N–H and O–H groups in total. The van der Waals surface area contributed by atoms with Gasteiger partial charge in [-0.3, -0.25) is 0 Å². The normalized spacial score (nSPS) is 10.6. The lowest BCUT2D eigenvalue weighted by Crippen LogP contribution is -1.87. The highest BCUT2D eigenvalue weighted by atomic mass is 16.5. The van der Waals surface area contributed by atoms with Crippen LogP contribution in [0.15, 0.2) is 256 Å². The van der Waals surface area contributed by atoms with Gasteiger partial charge in [0.2, 0.25) is 35.3 Å². The average molecular weight is 1130 g/mol. The first-order valence-electron chi connectivity index (χ1n) is 26.2. The van der Waals surface area contributed by atoms with Crippen molar-refractivity contribution in [3.05, 3.63) is 243 Å². The fourth-order valence-electron chi connectivity index (χ4n) is 8.06. The molecule has 10 aromatic carbocycles. The third-order valence-corrected chi connectivity index (χ3v) is 12.4. The summed E-state index contributed by atoms with van der Waals surface area (Å²) in [6.45, 7) is 0. The summed E-state index contributed by atoms with van der Waals surface area (Å²) in [6, 6.07) is 73.2. The lowest BCUT2D eigenvalue weighted by Gasteiger charge is -2.06. The maximum absolute atomic E-state index is 5.87. The van der Waals surface area contributed by atoms with Crippen LogP contribution in [0.3, 0.4) is 0 Å². The number of rotatable bonds is 14. The molecule has 418 valence electrons. The zero-order valence-electron chi connectivity index (χ0n) is 45.1. The maximum atomic E-state index is 5.87. The lowest BCUT2D eigenvalue weighted by atomic mass is 10.2. The molecule has 0 amide bonds. The van der Waals surface area contributed by atoms with Crippen LogP contribution in [0.5, 0.6) is 46.0 Å². The molecule has 3 heterocycles. The van der Waals surface area contributed by atoms with E-state index in [4.69, 9.17) is 66.6 Å². The SMILES string of the molecule is Nc1ccc(-c2nnc(-c3ccc(N)cc3)o2)cc1.Nc1ccc(Oc2ccc(-c3nnc(-c4ccc(Oc5ccc(N)cc5)cc4)o3)cc2)cc1.Nc1cccc(Oc2ccc(-c3nnc(-c4ccc(Oc5cccc(N)c5)cc4)o3)cc2)c1. The Morgan fingerprint density at radius 1 is 0.200 bits per heavy atom. The van der Waals surface area contributed by atoms with E-state index in [0.29, 0.717) is 115 Å². The molecule has 0 aliphatic rings. The number of anilines is 6. The fourth-order valence-corrected chi connectivity index (χ4v) is 8.06. The fraction of sp³-hybridized carbons (Fsp3) is 0. The number of nitrogens with zero attached hydrogens (tertiary/aromatic N) is 6. The van der Waals surface area contributed by atoms with Crippen LogP contribution >= 0.6 is 0 Å². The monoisotopic (exact) mass is 1120 g/mol. The maximum Gasteiger partial charge on any atom is 0.248 e. The third-order valence-electron chi connectivity index (χ3n) is 12.4. The van der Waals surface area contributed by atoms with Gasteiger partial charge in [0.25, 0.3) is 0 Å². The van der Waals surface area contributed by atoms with Crippen molar-refractivity contribution in [2.45, 2.75) is 0 Å². The van der Waals surface area contributed by atoms with Gasteiger partial charge in [-0.2, -0.15) is 0 Å². The van der Waals surface area contributed by atoms with E-state index in [1.165, 1.54) is 0 Å². The van der Waals surface area contributed by atoms with E-state index in [9.17, 15) is 0 Å².